The second-order valence-electron chi connectivity index (χ2n) is 11.0. The van der Waals surface area contributed by atoms with E-state index in [1.165, 1.54) is 5.56 Å². The van der Waals surface area contributed by atoms with E-state index in [0.29, 0.717) is 19.6 Å². The van der Waals surface area contributed by atoms with Crippen LogP contribution in [0.5, 0.6) is 0 Å². The number of hydrogen-bond acceptors (Lipinski definition) is 5. The molecule has 1 aliphatic heterocycles. The van der Waals surface area contributed by atoms with Crippen molar-refractivity contribution < 1.29 is 24.3 Å². The fourth-order valence-electron chi connectivity index (χ4n) is 5.21. The molecule has 1 saturated heterocycles. The Kier molecular flexibility index (Phi) is 8.69. The van der Waals surface area contributed by atoms with E-state index in [0.717, 1.165) is 16.3 Å². The van der Waals surface area contributed by atoms with Gasteiger partial charge in [-0.2, -0.15) is 5.06 Å². The van der Waals surface area contributed by atoms with Crippen LogP contribution in [0.1, 0.15) is 57.2 Å². The van der Waals surface area contributed by atoms with Gasteiger partial charge in [0.1, 0.15) is 5.60 Å². The predicted molar refractivity (Wildman–Crippen MR) is 148 cm³/mol. The number of benzene rings is 3. The van der Waals surface area contributed by atoms with E-state index in [4.69, 9.17) is 14.7 Å². The van der Waals surface area contributed by atoms with E-state index in [1.807, 2.05) is 67.1 Å². The number of hydrogen-bond donors (Lipinski definition) is 1. The van der Waals surface area contributed by atoms with Gasteiger partial charge in [-0.1, -0.05) is 72.8 Å². The molecule has 202 valence electrons. The first-order valence-corrected chi connectivity index (χ1v) is 13.2. The monoisotopic (exact) mass is 518 g/mol. The SMILES string of the molecule is C[C@H](c1cccc2ccccc12)N(C[C@@H]1CN(OCCC(=O)O)C[C@@H]1c1ccccc1)C(=O)OC(C)(C)C. The number of amides is 1. The summed E-state index contributed by atoms with van der Waals surface area (Å²) < 4.78 is 5.90. The lowest BCUT2D eigenvalue weighted by Gasteiger charge is -2.35. The number of carbonyl (C=O) groups is 2. The molecule has 7 heteroatoms. The molecule has 1 fully saturated rings. The number of hydroxylamine groups is 2. The zero-order valence-corrected chi connectivity index (χ0v) is 22.7. The number of aliphatic carboxylic acids is 1. The topological polar surface area (TPSA) is 79.3 Å². The highest BCUT2D eigenvalue weighted by atomic mass is 16.7. The van der Waals surface area contributed by atoms with E-state index < -0.39 is 11.6 Å². The number of carbonyl (C=O) groups excluding carboxylic acids is 1. The third-order valence-electron chi connectivity index (χ3n) is 7.03. The summed E-state index contributed by atoms with van der Waals surface area (Å²) >= 11 is 0. The lowest BCUT2D eigenvalue weighted by molar-refractivity contribution is -0.158. The number of rotatable bonds is 9. The molecule has 1 aliphatic rings. The maximum atomic E-state index is 13.7. The molecule has 0 bridgehead atoms. The van der Waals surface area contributed by atoms with Gasteiger partial charge in [-0.15, -0.1) is 0 Å². The summed E-state index contributed by atoms with van der Waals surface area (Å²) in [5.41, 5.74) is 1.61. The van der Waals surface area contributed by atoms with Crippen molar-refractivity contribution in [3.05, 3.63) is 83.9 Å². The summed E-state index contributed by atoms with van der Waals surface area (Å²) in [6.07, 6.45) is -0.408. The molecule has 4 rings (SSSR count). The number of ether oxygens (including phenoxy) is 1. The van der Waals surface area contributed by atoms with Gasteiger partial charge in [-0.25, -0.2) is 4.79 Å². The molecule has 1 N–H and O–H groups in total. The largest absolute Gasteiger partial charge is 0.481 e. The first kappa shape index (κ1) is 27.6. The molecule has 3 aromatic carbocycles. The second kappa shape index (κ2) is 12.0. The molecule has 0 radical (unpaired) electrons. The second-order valence-corrected chi connectivity index (χ2v) is 11.0. The van der Waals surface area contributed by atoms with Gasteiger partial charge in [-0.05, 0) is 55.5 Å². The van der Waals surface area contributed by atoms with E-state index in [9.17, 15) is 9.59 Å². The Morgan fingerprint density at radius 2 is 1.68 bits per heavy atom. The Labute approximate surface area is 224 Å². The molecule has 3 atom stereocenters. The minimum Gasteiger partial charge on any atom is -0.481 e. The van der Waals surface area contributed by atoms with Gasteiger partial charge in [0.25, 0.3) is 0 Å². The Balaban J connectivity index is 1.65. The molecular formula is C31H38N2O5. The highest BCUT2D eigenvalue weighted by Crippen LogP contribution is 2.37. The molecule has 1 amide bonds. The summed E-state index contributed by atoms with van der Waals surface area (Å²) in [5.74, 6) is -0.710. The molecule has 7 nitrogen and oxygen atoms in total. The van der Waals surface area contributed by atoms with Crippen LogP contribution in [-0.2, 0) is 14.4 Å². The Morgan fingerprint density at radius 1 is 1.00 bits per heavy atom. The minimum absolute atomic E-state index is 0.0562. The van der Waals surface area contributed by atoms with E-state index >= 15 is 0 Å². The van der Waals surface area contributed by atoms with Crippen LogP contribution in [0.2, 0.25) is 0 Å². The van der Waals surface area contributed by atoms with E-state index in [1.54, 1.807) is 0 Å². The van der Waals surface area contributed by atoms with Crippen LogP contribution in [0.3, 0.4) is 0 Å². The number of carboxylic acid groups (broad SMARTS) is 1. The van der Waals surface area contributed by atoms with Gasteiger partial charge in [0, 0.05) is 25.6 Å². The zero-order chi connectivity index (χ0) is 27.3. The van der Waals surface area contributed by atoms with Crippen LogP contribution < -0.4 is 0 Å². The van der Waals surface area contributed by atoms with Crippen LogP contribution >= 0.6 is 0 Å². The summed E-state index contributed by atoms with van der Waals surface area (Å²) in [6.45, 7) is 9.49. The minimum atomic E-state index is -0.889. The first-order valence-electron chi connectivity index (χ1n) is 13.2. The Hall–Kier alpha value is -3.42. The van der Waals surface area contributed by atoms with Crippen LogP contribution in [0.15, 0.2) is 72.8 Å². The van der Waals surface area contributed by atoms with Crippen molar-refractivity contribution in [3.63, 3.8) is 0 Å². The zero-order valence-electron chi connectivity index (χ0n) is 22.7. The summed E-state index contributed by atoms with van der Waals surface area (Å²) in [5, 5.41) is 13.1. The predicted octanol–water partition coefficient (Wildman–Crippen LogP) is 6.26. The first-order chi connectivity index (χ1) is 18.1. The summed E-state index contributed by atoms with van der Waals surface area (Å²) in [7, 11) is 0. The molecule has 1 heterocycles. The highest BCUT2D eigenvalue weighted by molar-refractivity contribution is 5.86. The van der Waals surface area contributed by atoms with Gasteiger partial charge in [0.05, 0.1) is 19.1 Å². The maximum Gasteiger partial charge on any atom is 0.410 e. The van der Waals surface area contributed by atoms with Crippen molar-refractivity contribution in [1.82, 2.24) is 9.96 Å². The molecule has 0 unspecified atom stereocenters. The number of fused-ring (bicyclic) bond motifs is 1. The summed E-state index contributed by atoms with van der Waals surface area (Å²) in [6, 6.07) is 24.4. The van der Waals surface area contributed by atoms with Gasteiger partial charge < -0.3 is 14.7 Å². The molecule has 0 saturated carbocycles. The fourth-order valence-corrected chi connectivity index (χ4v) is 5.21. The van der Waals surface area contributed by atoms with E-state index in [2.05, 4.69) is 43.3 Å². The van der Waals surface area contributed by atoms with Crippen LogP contribution in [0.4, 0.5) is 4.79 Å². The lowest BCUT2D eigenvalue weighted by atomic mass is 9.88. The van der Waals surface area contributed by atoms with Gasteiger partial charge in [0.15, 0.2) is 0 Å². The third-order valence-corrected chi connectivity index (χ3v) is 7.03. The van der Waals surface area contributed by atoms with Crippen molar-refractivity contribution in [1.29, 1.82) is 0 Å². The maximum absolute atomic E-state index is 13.7. The molecular weight excluding hydrogens is 480 g/mol. The molecule has 0 aliphatic carbocycles. The molecule has 0 spiro atoms. The lowest BCUT2D eigenvalue weighted by Crippen LogP contribution is -2.42. The average Bonchev–Trinajstić information content (AvgIpc) is 3.28. The quantitative estimate of drug-likeness (QED) is 0.360. The standard InChI is InChI=1S/C31H38N2O5/c1-22(26-16-10-14-23-13-8-9-15-27(23)26)33(30(36)38-31(2,3)4)20-25-19-32(37-18-17-29(34)35)21-28(25)24-11-6-5-7-12-24/h5-16,22,25,28H,17-21H2,1-4H3,(H,34,35)/t22-,25+,28-/m1/s1. The molecule has 0 aromatic heterocycles. The van der Waals surface area contributed by atoms with Gasteiger partial charge >= 0.3 is 12.1 Å². The normalized spacial score (nSPS) is 18.8. The average molecular weight is 519 g/mol. The van der Waals surface area contributed by atoms with Crippen molar-refractivity contribution in [3.8, 4) is 0 Å². The summed E-state index contributed by atoms with van der Waals surface area (Å²) in [4.78, 5) is 32.3. The molecule has 38 heavy (non-hydrogen) atoms. The third kappa shape index (κ3) is 6.91. The molecule has 3 aromatic rings. The van der Waals surface area contributed by atoms with Crippen molar-refractivity contribution in [2.45, 2.75) is 51.7 Å². The van der Waals surface area contributed by atoms with Crippen molar-refractivity contribution in [2.75, 3.05) is 26.2 Å². The smallest absolute Gasteiger partial charge is 0.410 e. The van der Waals surface area contributed by atoms with Gasteiger partial charge in [0.2, 0.25) is 0 Å². The highest BCUT2D eigenvalue weighted by Gasteiger charge is 2.39. The number of carboxylic acids is 1. The fraction of sp³-hybridized carbons (Fsp3) is 0.419. The van der Waals surface area contributed by atoms with Crippen LogP contribution in [0, 0.1) is 5.92 Å². The van der Waals surface area contributed by atoms with Crippen molar-refractivity contribution in [2.24, 2.45) is 5.92 Å². The Bertz CT molecular complexity index is 1230. The van der Waals surface area contributed by atoms with Crippen LogP contribution in [-0.4, -0.2) is 59.0 Å². The Morgan fingerprint density at radius 3 is 2.39 bits per heavy atom. The number of nitrogens with zero attached hydrogens (tertiary/aromatic N) is 2. The van der Waals surface area contributed by atoms with Crippen LogP contribution in [0.25, 0.3) is 10.8 Å². The van der Waals surface area contributed by atoms with Gasteiger partial charge in [-0.3, -0.25) is 9.63 Å². The van der Waals surface area contributed by atoms with Crippen molar-refractivity contribution >= 4 is 22.8 Å². The van der Waals surface area contributed by atoms with E-state index in [-0.39, 0.29) is 37.0 Å².